The summed E-state index contributed by atoms with van der Waals surface area (Å²) in [6.45, 7) is 2.99. The molecule has 1 aromatic rings. The summed E-state index contributed by atoms with van der Waals surface area (Å²) in [6, 6.07) is 6.74. The van der Waals surface area contributed by atoms with Gasteiger partial charge in [0.1, 0.15) is 6.04 Å². The summed E-state index contributed by atoms with van der Waals surface area (Å²) in [4.78, 5) is 13.9. The van der Waals surface area contributed by atoms with Crippen LogP contribution in [0.2, 0.25) is 0 Å². The number of rotatable bonds is 3. The number of carbonyl (C=O) groups is 1. The second-order valence-corrected chi connectivity index (χ2v) is 4.96. The number of nitrogens with one attached hydrogen (secondary N) is 1. The smallest absolute Gasteiger partial charge is 0.244 e. The average molecular weight is 289 g/mol. The maximum Gasteiger partial charge on any atom is 0.244 e. The van der Waals surface area contributed by atoms with Crippen molar-refractivity contribution in [2.75, 3.05) is 31.7 Å². The molecule has 21 heavy (non-hydrogen) atoms. The molecule has 0 bridgehead atoms. The molecular weight excluding hydrogens is 270 g/mol. The Morgan fingerprint density at radius 2 is 2.38 bits per heavy atom. The third-order valence-electron chi connectivity index (χ3n) is 3.60. The van der Waals surface area contributed by atoms with Crippen molar-refractivity contribution in [1.82, 2.24) is 5.32 Å². The zero-order valence-electron chi connectivity index (χ0n) is 12.2. The van der Waals surface area contributed by atoms with Crippen LogP contribution in [-0.4, -0.2) is 43.9 Å². The number of aliphatic hydroxyl groups excluding tert-OH is 1. The van der Waals surface area contributed by atoms with E-state index in [4.69, 9.17) is 10.00 Å². The minimum absolute atomic E-state index is 0.145. The minimum Gasteiger partial charge on any atom is -0.389 e. The summed E-state index contributed by atoms with van der Waals surface area (Å²) in [7, 11) is 1.58. The van der Waals surface area contributed by atoms with Crippen LogP contribution in [0.4, 0.5) is 5.69 Å². The summed E-state index contributed by atoms with van der Waals surface area (Å²) >= 11 is 0. The number of hydrogen-bond acceptors (Lipinski definition) is 5. The molecule has 1 aromatic carbocycles. The van der Waals surface area contributed by atoms with E-state index >= 15 is 0 Å². The largest absolute Gasteiger partial charge is 0.389 e. The van der Waals surface area contributed by atoms with E-state index in [0.717, 1.165) is 0 Å². The number of ether oxygens (including phenoxy) is 1. The predicted octanol–water partition coefficient (Wildman–Crippen LogP) is 0.563. The fourth-order valence-corrected chi connectivity index (χ4v) is 2.49. The highest BCUT2D eigenvalue weighted by molar-refractivity contribution is 5.86. The van der Waals surface area contributed by atoms with E-state index in [9.17, 15) is 9.90 Å². The van der Waals surface area contributed by atoms with Gasteiger partial charge in [-0.2, -0.15) is 5.26 Å². The molecule has 2 atom stereocenters. The van der Waals surface area contributed by atoms with Crippen LogP contribution in [0, 0.1) is 11.3 Å². The van der Waals surface area contributed by atoms with Crippen molar-refractivity contribution in [3.8, 4) is 6.07 Å². The van der Waals surface area contributed by atoms with Crippen LogP contribution in [-0.2, 0) is 9.53 Å². The Bertz CT molecular complexity index is 566. The molecule has 6 heteroatoms. The van der Waals surface area contributed by atoms with Crippen LogP contribution in [0.5, 0.6) is 0 Å². The van der Waals surface area contributed by atoms with E-state index in [1.807, 2.05) is 4.90 Å². The molecule has 1 amide bonds. The SMILES string of the molecule is CNC(=O)C1COCCN1c1cc(C#N)ccc1[C@@H](C)O. The van der Waals surface area contributed by atoms with E-state index in [1.165, 1.54) is 0 Å². The second kappa shape index (κ2) is 6.57. The molecule has 6 nitrogen and oxygen atoms in total. The zero-order valence-corrected chi connectivity index (χ0v) is 12.2. The van der Waals surface area contributed by atoms with Crippen molar-refractivity contribution >= 4 is 11.6 Å². The molecule has 1 aliphatic rings. The maximum absolute atomic E-state index is 12.0. The summed E-state index contributed by atoms with van der Waals surface area (Å²) in [5.41, 5.74) is 1.90. The lowest BCUT2D eigenvalue weighted by atomic mass is 10.0. The van der Waals surface area contributed by atoms with E-state index in [2.05, 4.69) is 11.4 Å². The monoisotopic (exact) mass is 289 g/mol. The Labute approximate surface area is 123 Å². The summed E-state index contributed by atoms with van der Waals surface area (Å²) in [5, 5.41) is 21.6. The molecule has 112 valence electrons. The molecule has 1 heterocycles. The molecule has 0 aliphatic carbocycles. The van der Waals surface area contributed by atoms with Gasteiger partial charge in [0, 0.05) is 24.8 Å². The highest BCUT2D eigenvalue weighted by Crippen LogP contribution is 2.30. The molecule has 1 fully saturated rings. The Kier molecular flexibility index (Phi) is 4.78. The topological polar surface area (TPSA) is 85.6 Å². The Morgan fingerprint density at radius 1 is 1.62 bits per heavy atom. The third-order valence-corrected chi connectivity index (χ3v) is 3.60. The van der Waals surface area contributed by atoms with Gasteiger partial charge in [0.25, 0.3) is 0 Å². The molecule has 0 saturated carbocycles. The molecule has 2 rings (SSSR count). The van der Waals surface area contributed by atoms with Gasteiger partial charge in [-0.05, 0) is 19.1 Å². The standard InChI is InChI=1S/C15H19N3O3/c1-10(19)12-4-3-11(8-16)7-13(12)18-5-6-21-9-14(18)15(20)17-2/h3-4,7,10,14,19H,5-6,9H2,1-2H3,(H,17,20)/t10-,14?/m1/s1. The second-order valence-electron chi connectivity index (χ2n) is 4.96. The number of nitriles is 1. The highest BCUT2D eigenvalue weighted by Gasteiger charge is 2.31. The lowest BCUT2D eigenvalue weighted by Gasteiger charge is -2.37. The number of amides is 1. The first-order valence-corrected chi connectivity index (χ1v) is 6.86. The van der Waals surface area contributed by atoms with E-state index < -0.39 is 12.1 Å². The Morgan fingerprint density at radius 3 is 3.00 bits per heavy atom. The summed E-state index contributed by atoms with van der Waals surface area (Å²) in [6.07, 6.45) is -0.680. The number of nitrogens with zero attached hydrogens (tertiary/aromatic N) is 2. The van der Waals surface area contributed by atoms with Crippen molar-refractivity contribution in [3.05, 3.63) is 29.3 Å². The van der Waals surface area contributed by atoms with E-state index in [1.54, 1.807) is 32.2 Å². The fourth-order valence-electron chi connectivity index (χ4n) is 2.49. The van der Waals surface area contributed by atoms with E-state index in [-0.39, 0.29) is 12.5 Å². The Hall–Kier alpha value is -2.10. The first kappa shape index (κ1) is 15.3. The molecule has 1 aliphatic heterocycles. The highest BCUT2D eigenvalue weighted by atomic mass is 16.5. The van der Waals surface area contributed by atoms with Gasteiger partial charge in [-0.3, -0.25) is 4.79 Å². The molecular formula is C15H19N3O3. The number of aliphatic hydroxyl groups is 1. The van der Waals surface area contributed by atoms with Crippen molar-refractivity contribution in [2.45, 2.75) is 19.1 Å². The van der Waals surface area contributed by atoms with Gasteiger partial charge in [-0.25, -0.2) is 0 Å². The quantitative estimate of drug-likeness (QED) is 0.849. The van der Waals surface area contributed by atoms with Crippen molar-refractivity contribution in [3.63, 3.8) is 0 Å². The number of hydrogen-bond donors (Lipinski definition) is 2. The molecule has 2 N–H and O–H groups in total. The van der Waals surface area contributed by atoms with Gasteiger partial charge in [0.2, 0.25) is 5.91 Å². The number of morpholine rings is 1. The van der Waals surface area contributed by atoms with Crippen LogP contribution < -0.4 is 10.2 Å². The number of carbonyl (C=O) groups excluding carboxylic acids is 1. The third kappa shape index (κ3) is 3.15. The lowest BCUT2D eigenvalue weighted by molar-refractivity contribution is -0.124. The summed E-state index contributed by atoms with van der Waals surface area (Å²) in [5.74, 6) is -0.145. The van der Waals surface area contributed by atoms with Crippen molar-refractivity contribution < 1.29 is 14.6 Å². The first-order chi connectivity index (χ1) is 10.1. The Balaban J connectivity index is 2.46. The van der Waals surface area contributed by atoms with Gasteiger partial charge in [0.05, 0.1) is 31.0 Å². The molecule has 1 unspecified atom stereocenters. The van der Waals surface area contributed by atoms with E-state index in [0.29, 0.717) is 30.0 Å². The maximum atomic E-state index is 12.0. The fraction of sp³-hybridized carbons (Fsp3) is 0.467. The normalized spacial score (nSPS) is 19.7. The lowest BCUT2D eigenvalue weighted by Crippen LogP contribution is -2.53. The number of benzene rings is 1. The van der Waals surface area contributed by atoms with Gasteiger partial charge >= 0.3 is 0 Å². The molecule has 0 aromatic heterocycles. The van der Waals surface area contributed by atoms with Gasteiger partial charge in [-0.15, -0.1) is 0 Å². The molecule has 1 saturated heterocycles. The van der Waals surface area contributed by atoms with Crippen LogP contribution in [0.3, 0.4) is 0 Å². The van der Waals surface area contributed by atoms with Crippen molar-refractivity contribution in [1.29, 1.82) is 5.26 Å². The van der Waals surface area contributed by atoms with Crippen LogP contribution in [0.25, 0.3) is 0 Å². The van der Waals surface area contributed by atoms with Crippen LogP contribution in [0.15, 0.2) is 18.2 Å². The number of anilines is 1. The van der Waals surface area contributed by atoms with Crippen LogP contribution in [0.1, 0.15) is 24.2 Å². The van der Waals surface area contributed by atoms with Gasteiger partial charge in [0.15, 0.2) is 0 Å². The minimum atomic E-state index is -0.680. The van der Waals surface area contributed by atoms with Gasteiger partial charge < -0.3 is 20.1 Å². The summed E-state index contributed by atoms with van der Waals surface area (Å²) < 4.78 is 5.38. The predicted molar refractivity (Wildman–Crippen MR) is 77.8 cm³/mol. The first-order valence-electron chi connectivity index (χ1n) is 6.86. The zero-order chi connectivity index (χ0) is 15.4. The molecule has 0 radical (unpaired) electrons. The molecule has 0 spiro atoms. The average Bonchev–Trinajstić information content (AvgIpc) is 2.53. The number of likely N-dealkylation sites (N-methyl/N-ethyl adjacent to an activating group) is 1. The van der Waals surface area contributed by atoms with Gasteiger partial charge in [-0.1, -0.05) is 6.07 Å². The van der Waals surface area contributed by atoms with Crippen LogP contribution >= 0.6 is 0 Å². The van der Waals surface area contributed by atoms with Crippen molar-refractivity contribution in [2.24, 2.45) is 0 Å².